The molecule has 0 aliphatic heterocycles. The third-order valence-corrected chi connectivity index (χ3v) is 4.41. The number of benzene rings is 2. The second-order valence-corrected chi connectivity index (χ2v) is 6.75. The number of hydrogen-bond acceptors (Lipinski definition) is 6. The van der Waals surface area contributed by atoms with Crippen LogP contribution in [0.1, 0.15) is 16.1 Å². The number of ether oxygens (including phenoxy) is 2. The number of rotatable bonds is 9. The number of hydrogen-bond donors (Lipinski definition) is 0. The molecule has 1 aromatic heterocycles. The van der Waals surface area contributed by atoms with Gasteiger partial charge in [-0.05, 0) is 23.8 Å². The van der Waals surface area contributed by atoms with E-state index >= 15 is 0 Å². The molecule has 0 N–H and O–H groups in total. The Morgan fingerprint density at radius 3 is 2.35 bits per heavy atom. The highest BCUT2D eigenvalue weighted by Gasteiger charge is 2.16. The molecule has 3 rings (SSSR count). The average molecular weight is 421 g/mol. The minimum atomic E-state index is -0.779. The van der Waals surface area contributed by atoms with E-state index in [1.807, 2.05) is 48.5 Å². The van der Waals surface area contributed by atoms with Crippen LogP contribution >= 0.6 is 0 Å². The standard InChI is InChI=1S/C23H23N3O5/c1-25(16-18-8-4-2-5-9-18)22(28)17-31-23(29)20-12-13-21(27)26(24-20)14-15-30-19-10-6-3-7-11-19/h2-13H,14-17H2,1H3. The zero-order valence-corrected chi connectivity index (χ0v) is 17.1. The summed E-state index contributed by atoms with van der Waals surface area (Å²) in [7, 11) is 1.63. The molecule has 160 valence electrons. The SMILES string of the molecule is CN(Cc1ccccc1)C(=O)COC(=O)c1ccc(=O)n(CCOc2ccccc2)n1. The molecule has 1 amide bonds. The van der Waals surface area contributed by atoms with Crippen molar-refractivity contribution in [2.24, 2.45) is 0 Å². The van der Waals surface area contributed by atoms with Crippen molar-refractivity contribution >= 4 is 11.9 Å². The summed E-state index contributed by atoms with van der Waals surface area (Å²) in [6.07, 6.45) is 0. The van der Waals surface area contributed by atoms with Crippen LogP contribution in [-0.2, 0) is 22.6 Å². The zero-order chi connectivity index (χ0) is 22.1. The summed E-state index contributed by atoms with van der Waals surface area (Å²) in [6, 6.07) is 21.2. The van der Waals surface area contributed by atoms with Gasteiger partial charge in [-0.15, -0.1) is 0 Å². The fraction of sp³-hybridized carbons (Fsp3) is 0.217. The third-order valence-electron chi connectivity index (χ3n) is 4.41. The van der Waals surface area contributed by atoms with Crippen molar-refractivity contribution in [1.29, 1.82) is 0 Å². The topological polar surface area (TPSA) is 90.7 Å². The fourth-order valence-electron chi connectivity index (χ4n) is 2.74. The maximum Gasteiger partial charge on any atom is 0.359 e. The van der Waals surface area contributed by atoms with E-state index in [1.165, 1.54) is 17.0 Å². The Kier molecular flexibility index (Phi) is 7.53. The molecule has 0 radical (unpaired) electrons. The molecule has 3 aromatic rings. The molecule has 31 heavy (non-hydrogen) atoms. The van der Waals surface area contributed by atoms with Gasteiger partial charge in [0.05, 0.1) is 6.54 Å². The lowest BCUT2D eigenvalue weighted by molar-refractivity contribution is -0.133. The van der Waals surface area contributed by atoms with Gasteiger partial charge >= 0.3 is 5.97 Å². The van der Waals surface area contributed by atoms with E-state index in [0.717, 1.165) is 10.2 Å². The van der Waals surface area contributed by atoms with Gasteiger partial charge in [-0.1, -0.05) is 48.5 Å². The van der Waals surface area contributed by atoms with Crippen molar-refractivity contribution < 1.29 is 19.1 Å². The summed E-state index contributed by atoms with van der Waals surface area (Å²) in [5.74, 6) is -0.453. The number of esters is 1. The summed E-state index contributed by atoms with van der Waals surface area (Å²) in [5, 5.41) is 4.02. The van der Waals surface area contributed by atoms with E-state index in [0.29, 0.717) is 12.3 Å². The Morgan fingerprint density at radius 2 is 1.65 bits per heavy atom. The Labute approximate surface area is 179 Å². The predicted molar refractivity (Wildman–Crippen MR) is 114 cm³/mol. The predicted octanol–water partition coefficient (Wildman–Crippen LogP) is 2.14. The first-order valence-corrected chi connectivity index (χ1v) is 9.74. The van der Waals surface area contributed by atoms with Gasteiger partial charge in [-0.25, -0.2) is 9.48 Å². The number of carbonyl (C=O) groups is 2. The summed E-state index contributed by atoms with van der Waals surface area (Å²) in [5.41, 5.74) is 0.542. The summed E-state index contributed by atoms with van der Waals surface area (Å²) >= 11 is 0. The number of likely N-dealkylation sites (N-methyl/N-ethyl adjacent to an activating group) is 1. The lowest BCUT2D eigenvalue weighted by Crippen LogP contribution is -2.31. The molecule has 2 aromatic carbocycles. The molecular formula is C23H23N3O5. The van der Waals surface area contributed by atoms with E-state index in [-0.39, 0.29) is 30.3 Å². The highest BCUT2D eigenvalue weighted by atomic mass is 16.5. The molecule has 0 spiro atoms. The van der Waals surface area contributed by atoms with E-state index in [9.17, 15) is 14.4 Å². The fourth-order valence-corrected chi connectivity index (χ4v) is 2.74. The lowest BCUT2D eigenvalue weighted by Gasteiger charge is -2.17. The quantitative estimate of drug-likeness (QED) is 0.492. The lowest BCUT2D eigenvalue weighted by atomic mass is 10.2. The number of amides is 1. The van der Waals surface area contributed by atoms with Crippen LogP contribution in [0, 0.1) is 0 Å². The maximum atomic E-state index is 12.3. The monoisotopic (exact) mass is 421 g/mol. The summed E-state index contributed by atoms with van der Waals surface area (Å²) in [4.78, 5) is 38.0. The van der Waals surface area contributed by atoms with Crippen LogP contribution in [0.3, 0.4) is 0 Å². The second-order valence-electron chi connectivity index (χ2n) is 6.75. The molecule has 0 aliphatic carbocycles. The summed E-state index contributed by atoms with van der Waals surface area (Å²) < 4.78 is 11.8. The van der Waals surface area contributed by atoms with Gasteiger partial charge in [0.1, 0.15) is 12.4 Å². The van der Waals surface area contributed by atoms with Gasteiger partial charge in [0.15, 0.2) is 12.3 Å². The zero-order valence-electron chi connectivity index (χ0n) is 17.1. The largest absolute Gasteiger partial charge is 0.492 e. The molecule has 0 bridgehead atoms. The van der Waals surface area contributed by atoms with Gasteiger partial charge in [0.2, 0.25) is 0 Å². The molecule has 0 fully saturated rings. The Bertz CT molecular complexity index is 1070. The van der Waals surface area contributed by atoms with E-state index in [2.05, 4.69) is 5.10 Å². The number of aromatic nitrogens is 2. The number of nitrogens with zero attached hydrogens (tertiary/aromatic N) is 3. The van der Waals surface area contributed by atoms with Crippen molar-refractivity contribution in [3.8, 4) is 5.75 Å². The van der Waals surface area contributed by atoms with Crippen LogP contribution in [0.4, 0.5) is 0 Å². The smallest absolute Gasteiger partial charge is 0.359 e. The first kappa shape index (κ1) is 21.8. The highest BCUT2D eigenvalue weighted by molar-refractivity contribution is 5.89. The Balaban J connectivity index is 1.52. The van der Waals surface area contributed by atoms with Crippen molar-refractivity contribution in [2.75, 3.05) is 20.3 Å². The molecule has 0 unspecified atom stereocenters. The van der Waals surface area contributed by atoms with Gasteiger partial charge in [-0.3, -0.25) is 9.59 Å². The van der Waals surface area contributed by atoms with Crippen LogP contribution in [-0.4, -0.2) is 46.8 Å². The molecular weight excluding hydrogens is 398 g/mol. The van der Waals surface area contributed by atoms with E-state index < -0.39 is 12.6 Å². The van der Waals surface area contributed by atoms with Crippen LogP contribution in [0.15, 0.2) is 77.6 Å². The maximum absolute atomic E-state index is 12.3. The van der Waals surface area contributed by atoms with Crippen LogP contribution in [0.5, 0.6) is 5.75 Å². The second kappa shape index (κ2) is 10.7. The van der Waals surface area contributed by atoms with Crippen LogP contribution in [0.2, 0.25) is 0 Å². The molecule has 0 atom stereocenters. The minimum Gasteiger partial charge on any atom is -0.492 e. The first-order chi connectivity index (χ1) is 15.0. The molecule has 0 saturated carbocycles. The molecule has 1 heterocycles. The number of carbonyl (C=O) groups excluding carboxylic acids is 2. The van der Waals surface area contributed by atoms with Gasteiger partial charge in [0.25, 0.3) is 11.5 Å². The minimum absolute atomic E-state index is 0.0576. The Hall–Kier alpha value is -3.94. The van der Waals surface area contributed by atoms with E-state index in [4.69, 9.17) is 9.47 Å². The van der Waals surface area contributed by atoms with Gasteiger partial charge in [-0.2, -0.15) is 5.10 Å². The van der Waals surface area contributed by atoms with Gasteiger partial charge in [0, 0.05) is 19.7 Å². The van der Waals surface area contributed by atoms with Crippen molar-refractivity contribution in [1.82, 2.24) is 14.7 Å². The normalized spacial score (nSPS) is 10.4. The molecule has 0 aliphatic rings. The molecule has 8 heteroatoms. The third kappa shape index (κ3) is 6.53. The Morgan fingerprint density at radius 1 is 0.968 bits per heavy atom. The van der Waals surface area contributed by atoms with Crippen molar-refractivity contribution in [3.63, 3.8) is 0 Å². The van der Waals surface area contributed by atoms with Crippen LogP contribution < -0.4 is 10.3 Å². The summed E-state index contributed by atoms with van der Waals surface area (Å²) in [6.45, 7) is 0.355. The average Bonchev–Trinajstić information content (AvgIpc) is 2.79. The molecule has 0 saturated heterocycles. The van der Waals surface area contributed by atoms with Crippen LogP contribution in [0.25, 0.3) is 0 Å². The molecule has 8 nitrogen and oxygen atoms in total. The van der Waals surface area contributed by atoms with Crippen molar-refractivity contribution in [3.05, 3.63) is 94.4 Å². The number of para-hydroxylation sites is 1. The van der Waals surface area contributed by atoms with Gasteiger partial charge < -0.3 is 14.4 Å². The highest BCUT2D eigenvalue weighted by Crippen LogP contribution is 2.08. The van der Waals surface area contributed by atoms with Crippen molar-refractivity contribution in [2.45, 2.75) is 13.1 Å². The van der Waals surface area contributed by atoms with E-state index in [1.54, 1.807) is 19.2 Å². The first-order valence-electron chi connectivity index (χ1n) is 9.74.